The van der Waals surface area contributed by atoms with Crippen molar-refractivity contribution in [3.8, 4) is 0 Å². The molecule has 3 aliphatic carbocycles. The second-order valence-electron chi connectivity index (χ2n) is 9.05. The molecule has 1 amide bonds. The van der Waals surface area contributed by atoms with Gasteiger partial charge in [-0.3, -0.25) is 9.78 Å². The Labute approximate surface area is 149 Å². The van der Waals surface area contributed by atoms with Gasteiger partial charge in [0.05, 0.1) is 5.60 Å². The summed E-state index contributed by atoms with van der Waals surface area (Å²) >= 11 is 0. The smallest absolute Gasteiger partial charge is 0.226 e. The molecule has 1 N–H and O–H groups in total. The van der Waals surface area contributed by atoms with E-state index in [0.717, 1.165) is 45.1 Å². The lowest BCUT2D eigenvalue weighted by Crippen LogP contribution is -2.40. The molecule has 1 aromatic rings. The highest BCUT2D eigenvalue weighted by Gasteiger charge is 2.55. The molecule has 2 saturated carbocycles. The molecule has 1 aromatic heterocycles. The van der Waals surface area contributed by atoms with E-state index in [2.05, 4.69) is 22.9 Å². The van der Waals surface area contributed by atoms with Crippen molar-refractivity contribution in [3.63, 3.8) is 0 Å². The summed E-state index contributed by atoms with van der Waals surface area (Å²) in [6.07, 6.45) is 8.61. The molecule has 0 radical (unpaired) electrons. The number of amides is 1. The molecule has 5 rings (SSSR count). The predicted molar refractivity (Wildman–Crippen MR) is 94.8 cm³/mol. The fourth-order valence-corrected chi connectivity index (χ4v) is 6.37. The number of aliphatic hydroxyl groups is 1. The summed E-state index contributed by atoms with van der Waals surface area (Å²) in [6.45, 7) is 3.10. The molecule has 4 nitrogen and oxygen atoms in total. The van der Waals surface area contributed by atoms with Gasteiger partial charge in [-0.2, -0.15) is 0 Å². The first-order valence-electron chi connectivity index (χ1n) is 10.0. The molecule has 1 saturated heterocycles. The summed E-state index contributed by atoms with van der Waals surface area (Å²) in [5, 5.41) is 11.0. The normalized spacial score (nSPS) is 42.4. The highest BCUT2D eigenvalue weighted by molar-refractivity contribution is 5.82. The van der Waals surface area contributed by atoms with Gasteiger partial charge < -0.3 is 10.0 Å². The molecule has 4 heteroatoms. The summed E-state index contributed by atoms with van der Waals surface area (Å²) in [7, 11) is 0. The maximum atomic E-state index is 13.2. The van der Waals surface area contributed by atoms with Crippen LogP contribution in [0.25, 0.3) is 0 Å². The Balaban J connectivity index is 1.38. The van der Waals surface area contributed by atoms with Crippen molar-refractivity contribution >= 4 is 5.91 Å². The van der Waals surface area contributed by atoms with Crippen LogP contribution in [0.1, 0.15) is 50.3 Å². The number of fused-ring (bicyclic) bond motifs is 4. The first-order chi connectivity index (χ1) is 12.1. The van der Waals surface area contributed by atoms with Crippen LogP contribution >= 0.6 is 0 Å². The highest BCUT2D eigenvalue weighted by atomic mass is 16.3. The van der Waals surface area contributed by atoms with E-state index in [1.807, 2.05) is 12.3 Å². The molecule has 6 atom stereocenters. The van der Waals surface area contributed by atoms with E-state index in [4.69, 9.17) is 0 Å². The Morgan fingerprint density at radius 2 is 2.16 bits per heavy atom. The number of rotatable bonds is 2. The minimum atomic E-state index is -0.521. The Morgan fingerprint density at radius 3 is 3.00 bits per heavy atom. The van der Waals surface area contributed by atoms with Crippen LogP contribution in [-0.4, -0.2) is 39.1 Å². The zero-order chi connectivity index (χ0) is 17.2. The predicted octanol–water partition coefficient (Wildman–Crippen LogP) is 2.58. The zero-order valence-corrected chi connectivity index (χ0v) is 15.0. The number of likely N-dealkylation sites (tertiary alicyclic amines) is 1. The van der Waals surface area contributed by atoms with Crippen LogP contribution in [0.4, 0.5) is 0 Å². The lowest BCUT2D eigenvalue weighted by Gasteiger charge is -2.34. The number of pyridine rings is 1. The monoisotopic (exact) mass is 340 g/mol. The minimum absolute atomic E-state index is 0.133. The molecule has 1 aliphatic heterocycles. The molecule has 25 heavy (non-hydrogen) atoms. The number of carbonyl (C=O) groups excluding carboxylic acids is 1. The van der Waals surface area contributed by atoms with Crippen LogP contribution in [0.5, 0.6) is 0 Å². The maximum absolute atomic E-state index is 13.2. The zero-order valence-electron chi connectivity index (χ0n) is 15.0. The summed E-state index contributed by atoms with van der Waals surface area (Å²) in [6, 6.07) is 4.37. The molecule has 0 spiro atoms. The minimum Gasteiger partial charge on any atom is -0.390 e. The van der Waals surface area contributed by atoms with Gasteiger partial charge in [0, 0.05) is 30.4 Å². The van der Waals surface area contributed by atoms with Crippen molar-refractivity contribution in [1.29, 1.82) is 0 Å². The largest absolute Gasteiger partial charge is 0.390 e. The molecule has 134 valence electrons. The molecule has 2 bridgehead atoms. The molecule has 3 fully saturated rings. The third-order valence-electron chi connectivity index (χ3n) is 7.54. The SMILES string of the molecule is CCC1CC2C[C@](O)(C1)C[C@H]2N1C[C@H]2Cc3ncccc3C[C@H]2C1=O. The van der Waals surface area contributed by atoms with Crippen molar-refractivity contribution in [3.05, 3.63) is 29.6 Å². The van der Waals surface area contributed by atoms with Crippen LogP contribution < -0.4 is 0 Å². The van der Waals surface area contributed by atoms with Gasteiger partial charge in [0.1, 0.15) is 0 Å². The molecular formula is C21H28N2O2. The van der Waals surface area contributed by atoms with Crippen molar-refractivity contribution in [2.45, 2.75) is 63.5 Å². The van der Waals surface area contributed by atoms with Gasteiger partial charge in [0.25, 0.3) is 0 Å². The van der Waals surface area contributed by atoms with Crippen LogP contribution in [0, 0.1) is 23.7 Å². The van der Waals surface area contributed by atoms with E-state index in [9.17, 15) is 9.90 Å². The second-order valence-corrected chi connectivity index (χ2v) is 9.05. The summed E-state index contributed by atoms with van der Waals surface area (Å²) in [5.74, 6) is 2.00. The third kappa shape index (κ3) is 2.44. The number of aromatic nitrogens is 1. The Hall–Kier alpha value is -1.42. The first-order valence-corrected chi connectivity index (χ1v) is 10.0. The number of hydrogen-bond acceptors (Lipinski definition) is 3. The van der Waals surface area contributed by atoms with Crippen LogP contribution in [0.15, 0.2) is 18.3 Å². The molecule has 2 heterocycles. The standard InChI is InChI=1S/C21H28N2O2/c1-2-13-6-15-10-21(25,9-13)11-19(15)23-12-16-8-18-14(4-3-5-22-18)7-17(16)20(23)24/h3-5,13,15-17,19,25H,2,6-12H2,1H3/t13?,15?,16-,17-,19-,21-/m1/s1. The second kappa shape index (κ2) is 5.54. The van der Waals surface area contributed by atoms with E-state index in [1.54, 1.807) is 0 Å². The average molecular weight is 340 g/mol. The summed E-state index contributed by atoms with van der Waals surface area (Å²) in [4.78, 5) is 19.9. The van der Waals surface area contributed by atoms with Crippen molar-refractivity contribution in [1.82, 2.24) is 9.88 Å². The highest BCUT2D eigenvalue weighted by Crippen LogP contribution is 2.51. The maximum Gasteiger partial charge on any atom is 0.226 e. The fourth-order valence-electron chi connectivity index (χ4n) is 6.37. The van der Waals surface area contributed by atoms with Gasteiger partial charge in [-0.1, -0.05) is 19.4 Å². The summed E-state index contributed by atoms with van der Waals surface area (Å²) < 4.78 is 0. The van der Waals surface area contributed by atoms with Crippen LogP contribution in [0.3, 0.4) is 0 Å². The first kappa shape index (κ1) is 15.8. The lowest BCUT2D eigenvalue weighted by molar-refractivity contribution is -0.133. The van der Waals surface area contributed by atoms with E-state index in [-0.39, 0.29) is 12.0 Å². The van der Waals surface area contributed by atoms with E-state index >= 15 is 0 Å². The van der Waals surface area contributed by atoms with Crippen molar-refractivity contribution in [2.75, 3.05) is 6.54 Å². The van der Waals surface area contributed by atoms with Gasteiger partial charge >= 0.3 is 0 Å². The summed E-state index contributed by atoms with van der Waals surface area (Å²) in [5.41, 5.74) is 1.93. The molecule has 4 aliphatic rings. The number of hydrogen-bond donors (Lipinski definition) is 1. The van der Waals surface area contributed by atoms with Gasteiger partial charge in [0.2, 0.25) is 5.91 Å². The third-order valence-corrected chi connectivity index (χ3v) is 7.54. The fraction of sp³-hybridized carbons (Fsp3) is 0.714. The van der Waals surface area contributed by atoms with E-state index in [1.165, 1.54) is 17.7 Å². The topological polar surface area (TPSA) is 53.4 Å². The number of nitrogens with zero attached hydrogens (tertiary/aromatic N) is 2. The van der Waals surface area contributed by atoms with Crippen molar-refractivity contribution in [2.24, 2.45) is 23.7 Å². The Morgan fingerprint density at radius 1 is 1.28 bits per heavy atom. The molecule has 0 aromatic carbocycles. The van der Waals surface area contributed by atoms with Crippen LogP contribution in [-0.2, 0) is 17.6 Å². The van der Waals surface area contributed by atoms with Gasteiger partial charge in [-0.05, 0) is 67.9 Å². The van der Waals surface area contributed by atoms with Gasteiger partial charge in [-0.15, -0.1) is 0 Å². The lowest BCUT2D eigenvalue weighted by atomic mass is 9.77. The average Bonchev–Trinajstić information content (AvgIpc) is 3.05. The van der Waals surface area contributed by atoms with Gasteiger partial charge in [-0.25, -0.2) is 0 Å². The molecule has 2 unspecified atom stereocenters. The molecular weight excluding hydrogens is 312 g/mol. The van der Waals surface area contributed by atoms with Crippen LogP contribution in [0.2, 0.25) is 0 Å². The number of carbonyl (C=O) groups is 1. The van der Waals surface area contributed by atoms with E-state index < -0.39 is 5.60 Å². The van der Waals surface area contributed by atoms with Gasteiger partial charge in [0.15, 0.2) is 0 Å². The van der Waals surface area contributed by atoms with Crippen molar-refractivity contribution < 1.29 is 9.90 Å². The Kier molecular flexibility index (Phi) is 3.50. The quantitative estimate of drug-likeness (QED) is 0.900. The Bertz CT molecular complexity index is 705. The van der Waals surface area contributed by atoms with E-state index in [0.29, 0.717) is 23.7 Å².